The second kappa shape index (κ2) is 5.64. The number of carbonyl (C=O) groups excluding carboxylic acids is 1. The first-order valence-electron chi connectivity index (χ1n) is 6.98. The highest BCUT2D eigenvalue weighted by Gasteiger charge is 2.23. The number of ether oxygens (including phenoxy) is 1. The molecule has 0 heterocycles. The molecule has 2 rings (SSSR count). The van der Waals surface area contributed by atoms with Gasteiger partial charge in [0.1, 0.15) is 5.75 Å². The van der Waals surface area contributed by atoms with Crippen molar-refractivity contribution in [2.24, 2.45) is 0 Å². The summed E-state index contributed by atoms with van der Waals surface area (Å²) in [7, 11) is 0. The Labute approximate surface area is 115 Å². The van der Waals surface area contributed by atoms with Gasteiger partial charge in [0.15, 0.2) is 0 Å². The van der Waals surface area contributed by atoms with E-state index >= 15 is 0 Å². The first kappa shape index (κ1) is 13.9. The monoisotopic (exact) mass is 261 g/mol. The predicted octanol–water partition coefficient (Wildman–Crippen LogP) is 3.03. The number of benzene rings is 1. The third-order valence-electron chi connectivity index (χ3n) is 3.22. The first-order chi connectivity index (χ1) is 8.97. The standard InChI is InChI=1S/C16H23NO2/c1-16(2,3)13-6-4-5-7-14(13)19-11-10-15(18)17-12-8-9-12/h4-7,12H,8-11H2,1-3H3,(H,17,18). The minimum absolute atomic E-state index is 0.0485. The quantitative estimate of drug-likeness (QED) is 0.884. The molecule has 1 saturated carbocycles. The Bertz CT molecular complexity index is 444. The highest BCUT2D eigenvalue weighted by Crippen LogP contribution is 2.30. The normalized spacial score (nSPS) is 15.1. The Balaban J connectivity index is 1.86. The number of nitrogens with one attached hydrogen (secondary N) is 1. The fraction of sp³-hybridized carbons (Fsp3) is 0.562. The van der Waals surface area contributed by atoms with Crippen molar-refractivity contribution >= 4 is 5.91 Å². The molecular formula is C16H23NO2. The lowest BCUT2D eigenvalue weighted by Crippen LogP contribution is -2.26. The lowest BCUT2D eigenvalue weighted by atomic mass is 9.86. The molecule has 3 heteroatoms. The molecule has 1 aromatic rings. The van der Waals surface area contributed by atoms with Crippen LogP contribution in [0.3, 0.4) is 0 Å². The van der Waals surface area contributed by atoms with E-state index in [1.165, 1.54) is 5.56 Å². The molecule has 1 fully saturated rings. The van der Waals surface area contributed by atoms with E-state index in [0.29, 0.717) is 19.1 Å². The summed E-state index contributed by atoms with van der Waals surface area (Å²) in [4.78, 5) is 11.6. The largest absolute Gasteiger partial charge is 0.493 e. The third kappa shape index (κ3) is 4.27. The van der Waals surface area contributed by atoms with E-state index in [-0.39, 0.29) is 11.3 Å². The van der Waals surface area contributed by atoms with Gasteiger partial charge in [0.2, 0.25) is 5.91 Å². The molecule has 0 aliphatic heterocycles. The molecule has 0 saturated heterocycles. The molecule has 1 aliphatic carbocycles. The first-order valence-corrected chi connectivity index (χ1v) is 6.98. The fourth-order valence-corrected chi connectivity index (χ4v) is 1.99. The van der Waals surface area contributed by atoms with E-state index in [9.17, 15) is 4.79 Å². The molecule has 0 spiro atoms. The number of carbonyl (C=O) groups is 1. The van der Waals surface area contributed by atoms with Crippen LogP contribution in [-0.4, -0.2) is 18.6 Å². The van der Waals surface area contributed by atoms with Crippen LogP contribution < -0.4 is 10.1 Å². The molecular weight excluding hydrogens is 238 g/mol. The maximum absolute atomic E-state index is 11.6. The summed E-state index contributed by atoms with van der Waals surface area (Å²) in [6.45, 7) is 6.92. The van der Waals surface area contributed by atoms with Gasteiger partial charge in [-0.1, -0.05) is 39.0 Å². The molecule has 3 nitrogen and oxygen atoms in total. The Morgan fingerprint density at radius 3 is 2.63 bits per heavy atom. The van der Waals surface area contributed by atoms with Gasteiger partial charge in [-0.25, -0.2) is 0 Å². The summed E-state index contributed by atoms with van der Waals surface area (Å²) in [6, 6.07) is 8.47. The minimum atomic E-state index is 0.0485. The van der Waals surface area contributed by atoms with Crippen LogP contribution in [-0.2, 0) is 10.2 Å². The van der Waals surface area contributed by atoms with Gasteiger partial charge >= 0.3 is 0 Å². The molecule has 104 valence electrons. The number of hydrogen-bond acceptors (Lipinski definition) is 2. The lowest BCUT2D eigenvalue weighted by molar-refractivity contribution is -0.121. The maximum atomic E-state index is 11.6. The van der Waals surface area contributed by atoms with Crippen molar-refractivity contribution in [3.05, 3.63) is 29.8 Å². The Morgan fingerprint density at radius 2 is 2.00 bits per heavy atom. The Hall–Kier alpha value is -1.51. The SMILES string of the molecule is CC(C)(C)c1ccccc1OCCC(=O)NC1CC1. The summed E-state index contributed by atoms with van der Waals surface area (Å²) >= 11 is 0. The maximum Gasteiger partial charge on any atom is 0.223 e. The van der Waals surface area contributed by atoms with Gasteiger partial charge in [0.25, 0.3) is 0 Å². The summed E-state index contributed by atoms with van der Waals surface area (Å²) in [5.74, 6) is 0.977. The van der Waals surface area contributed by atoms with Gasteiger partial charge in [-0.2, -0.15) is 0 Å². The van der Waals surface area contributed by atoms with Crippen molar-refractivity contribution in [2.45, 2.75) is 51.5 Å². The Kier molecular flexibility index (Phi) is 4.13. The van der Waals surface area contributed by atoms with Crippen molar-refractivity contribution in [1.29, 1.82) is 0 Å². The molecule has 19 heavy (non-hydrogen) atoms. The zero-order valence-electron chi connectivity index (χ0n) is 12.0. The molecule has 1 aliphatic rings. The van der Waals surface area contributed by atoms with Crippen LogP contribution in [0.2, 0.25) is 0 Å². The van der Waals surface area contributed by atoms with E-state index < -0.39 is 0 Å². The van der Waals surface area contributed by atoms with Crippen molar-refractivity contribution in [3.63, 3.8) is 0 Å². The van der Waals surface area contributed by atoms with Crippen LogP contribution >= 0.6 is 0 Å². The average molecular weight is 261 g/mol. The lowest BCUT2D eigenvalue weighted by Gasteiger charge is -2.22. The third-order valence-corrected chi connectivity index (χ3v) is 3.22. The Morgan fingerprint density at radius 1 is 1.32 bits per heavy atom. The van der Waals surface area contributed by atoms with E-state index in [1.807, 2.05) is 18.2 Å². The number of hydrogen-bond donors (Lipinski definition) is 1. The zero-order chi connectivity index (χ0) is 13.9. The molecule has 0 radical (unpaired) electrons. The van der Waals surface area contributed by atoms with Crippen molar-refractivity contribution in [2.75, 3.05) is 6.61 Å². The second-order valence-corrected chi connectivity index (χ2v) is 6.19. The van der Waals surface area contributed by atoms with E-state index in [2.05, 4.69) is 32.2 Å². The van der Waals surface area contributed by atoms with Crippen LogP contribution in [0.1, 0.15) is 45.6 Å². The van der Waals surface area contributed by atoms with Gasteiger partial charge in [-0.15, -0.1) is 0 Å². The van der Waals surface area contributed by atoms with Crippen LogP contribution in [0.25, 0.3) is 0 Å². The van der Waals surface area contributed by atoms with Crippen LogP contribution in [0.15, 0.2) is 24.3 Å². The van der Waals surface area contributed by atoms with E-state index in [0.717, 1.165) is 18.6 Å². The smallest absolute Gasteiger partial charge is 0.223 e. The van der Waals surface area contributed by atoms with Crippen LogP contribution in [0.5, 0.6) is 5.75 Å². The summed E-state index contributed by atoms with van der Waals surface area (Å²) < 4.78 is 5.78. The van der Waals surface area contributed by atoms with Crippen molar-refractivity contribution in [1.82, 2.24) is 5.32 Å². The van der Waals surface area contributed by atoms with Crippen LogP contribution in [0.4, 0.5) is 0 Å². The summed E-state index contributed by atoms with van der Waals surface area (Å²) in [5, 5.41) is 2.97. The molecule has 0 atom stereocenters. The van der Waals surface area contributed by atoms with Gasteiger partial charge in [0, 0.05) is 6.04 Å². The minimum Gasteiger partial charge on any atom is -0.493 e. The fourth-order valence-electron chi connectivity index (χ4n) is 1.99. The van der Waals surface area contributed by atoms with E-state index in [1.54, 1.807) is 0 Å². The summed E-state index contributed by atoms with van der Waals surface area (Å²) in [6.07, 6.45) is 2.67. The molecule has 1 aromatic carbocycles. The highest BCUT2D eigenvalue weighted by atomic mass is 16.5. The van der Waals surface area contributed by atoms with Gasteiger partial charge in [0.05, 0.1) is 13.0 Å². The van der Waals surface area contributed by atoms with Crippen molar-refractivity contribution in [3.8, 4) is 5.75 Å². The second-order valence-electron chi connectivity index (χ2n) is 6.19. The van der Waals surface area contributed by atoms with E-state index in [4.69, 9.17) is 4.74 Å². The topological polar surface area (TPSA) is 38.3 Å². The molecule has 0 aromatic heterocycles. The number of rotatable bonds is 5. The molecule has 1 amide bonds. The number of para-hydroxylation sites is 1. The van der Waals surface area contributed by atoms with Crippen molar-refractivity contribution < 1.29 is 9.53 Å². The molecule has 1 N–H and O–H groups in total. The molecule has 0 bridgehead atoms. The summed E-state index contributed by atoms with van der Waals surface area (Å²) in [5.41, 5.74) is 1.23. The zero-order valence-corrected chi connectivity index (χ0v) is 12.0. The average Bonchev–Trinajstić information content (AvgIpc) is 3.12. The number of amides is 1. The van der Waals surface area contributed by atoms with Gasteiger partial charge in [-0.05, 0) is 29.9 Å². The predicted molar refractivity (Wildman–Crippen MR) is 76.4 cm³/mol. The highest BCUT2D eigenvalue weighted by molar-refractivity contribution is 5.76. The molecule has 0 unspecified atom stereocenters. The van der Waals surface area contributed by atoms with Crippen LogP contribution in [0, 0.1) is 0 Å². The van der Waals surface area contributed by atoms with Gasteiger partial charge < -0.3 is 10.1 Å². The van der Waals surface area contributed by atoms with Gasteiger partial charge in [-0.3, -0.25) is 4.79 Å².